The normalized spacial score (nSPS) is 26.9. The molecule has 0 aromatic heterocycles. The second-order valence-corrected chi connectivity index (χ2v) is 7.28. The number of carbonyl (C=O) groups is 1. The van der Waals surface area contributed by atoms with E-state index in [1.807, 2.05) is 0 Å². The highest BCUT2D eigenvalue weighted by Crippen LogP contribution is 2.40. The lowest BCUT2D eigenvalue weighted by atomic mass is 9.70. The minimum atomic E-state index is -0.679. The highest BCUT2D eigenvalue weighted by molar-refractivity contribution is 5.66. The van der Waals surface area contributed by atoms with Crippen molar-refractivity contribution in [3.8, 4) is 0 Å². The summed E-state index contributed by atoms with van der Waals surface area (Å²) in [7, 11) is 0. The summed E-state index contributed by atoms with van der Waals surface area (Å²) in [5.41, 5.74) is 0.472. The van der Waals surface area contributed by atoms with E-state index >= 15 is 0 Å². The molecule has 2 atom stereocenters. The van der Waals surface area contributed by atoms with E-state index in [9.17, 15) is 4.79 Å². The van der Waals surface area contributed by atoms with Crippen molar-refractivity contribution in [2.75, 3.05) is 6.54 Å². The summed E-state index contributed by atoms with van der Waals surface area (Å²) < 4.78 is 0. The van der Waals surface area contributed by atoms with Crippen LogP contribution in [0, 0.1) is 11.3 Å². The maximum absolute atomic E-state index is 10.7. The molecule has 112 valence electrons. The molecule has 1 N–H and O–H groups in total. The Labute approximate surface area is 118 Å². The average Bonchev–Trinajstić information content (AvgIpc) is 2.24. The van der Waals surface area contributed by atoms with Crippen molar-refractivity contribution < 1.29 is 9.90 Å². The highest BCUT2D eigenvalue weighted by atomic mass is 16.4. The van der Waals surface area contributed by atoms with E-state index in [0.29, 0.717) is 23.4 Å². The van der Waals surface area contributed by atoms with Gasteiger partial charge in [0.25, 0.3) is 0 Å². The zero-order valence-electron chi connectivity index (χ0n) is 13.3. The second-order valence-electron chi connectivity index (χ2n) is 7.28. The first-order chi connectivity index (χ1) is 8.73. The van der Waals surface area contributed by atoms with Crippen LogP contribution in [-0.4, -0.2) is 34.6 Å². The van der Waals surface area contributed by atoms with Crippen molar-refractivity contribution in [3.05, 3.63) is 0 Å². The molecule has 1 rings (SSSR count). The van der Waals surface area contributed by atoms with Crippen LogP contribution in [0.3, 0.4) is 0 Å². The molecule has 1 saturated carbocycles. The van der Waals surface area contributed by atoms with Crippen LogP contribution >= 0.6 is 0 Å². The van der Waals surface area contributed by atoms with E-state index in [1.165, 1.54) is 19.3 Å². The fourth-order valence-corrected chi connectivity index (χ4v) is 3.65. The maximum atomic E-state index is 10.7. The van der Waals surface area contributed by atoms with Gasteiger partial charge in [0.15, 0.2) is 0 Å². The number of carboxylic acid groups (broad SMARTS) is 1. The van der Waals surface area contributed by atoms with Gasteiger partial charge < -0.3 is 5.11 Å². The van der Waals surface area contributed by atoms with E-state index in [0.717, 1.165) is 13.0 Å². The largest absolute Gasteiger partial charge is 0.481 e. The Morgan fingerprint density at radius 1 is 1.42 bits per heavy atom. The summed E-state index contributed by atoms with van der Waals surface area (Å²) in [6.07, 6.45) is 4.86. The number of rotatable bonds is 6. The number of hydrogen-bond acceptors (Lipinski definition) is 2. The quantitative estimate of drug-likeness (QED) is 0.798. The van der Waals surface area contributed by atoms with Crippen LogP contribution in [0.25, 0.3) is 0 Å². The zero-order valence-corrected chi connectivity index (χ0v) is 13.3. The molecule has 0 saturated heterocycles. The molecule has 3 heteroatoms. The Morgan fingerprint density at radius 2 is 2.05 bits per heavy atom. The van der Waals surface area contributed by atoms with Crippen LogP contribution in [-0.2, 0) is 4.79 Å². The van der Waals surface area contributed by atoms with Crippen LogP contribution in [0.15, 0.2) is 0 Å². The monoisotopic (exact) mass is 269 g/mol. The summed E-state index contributed by atoms with van der Waals surface area (Å²) in [6, 6.07) is 1.13. The Balaban J connectivity index is 2.58. The van der Waals surface area contributed by atoms with Crippen molar-refractivity contribution in [2.45, 2.75) is 78.8 Å². The predicted octanol–water partition coefficient (Wildman–Crippen LogP) is 3.78. The van der Waals surface area contributed by atoms with Crippen molar-refractivity contribution in [2.24, 2.45) is 11.3 Å². The standard InChI is InChI=1S/C16H31NO2/c1-12(2)17(10-6-7-15(18)19)14-8-9-16(4,5)11-13(14)3/h12-14H,6-11H2,1-5H3,(H,18,19). The van der Waals surface area contributed by atoms with Gasteiger partial charge in [0.05, 0.1) is 0 Å². The van der Waals surface area contributed by atoms with Crippen LogP contribution in [0.5, 0.6) is 0 Å². The summed E-state index contributed by atoms with van der Waals surface area (Å²) in [5, 5.41) is 8.78. The third-order valence-corrected chi connectivity index (χ3v) is 4.54. The van der Waals surface area contributed by atoms with Crippen molar-refractivity contribution in [1.29, 1.82) is 0 Å². The molecule has 1 aliphatic carbocycles. The molecule has 3 nitrogen and oxygen atoms in total. The minimum absolute atomic E-state index is 0.288. The lowest BCUT2D eigenvalue weighted by Gasteiger charge is -2.46. The first-order valence-electron chi connectivity index (χ1n) is 7.70. The Morgan fingerprint density at radius 3 is 2.53 bits per heavy atom. The summed E-state index contributed by atoms with van der Waals surface area (Å²) in [4.78, 5) is 13.2. The van der Waals surface area contributed by atoms with Crippen LogP contribution in [0.1, 0.15) is 66.7 Å². The van der Waals surface area contributed by atoms with Gasteiger partial charge in [0.2, 0.25) is 0 Å². The molecule has 1 aliphatic rings. The number of carboxylic acids is 1. The zero-order chi connectivity index (χ0) is 14.6. The molecule has 0 aromatic carbocycles. The Bertz CT molecular complexity index is 299. The van der Waals surface area contributed by atoms with E-state index < -0.39 is 5.97 Å². The molecular formula is C16H31NO2. The third-order valence-electron chi connectivity index (χ3n) is 4.54. The Kier molecular flexibility index (Phi) is 5.84. The molecule has 2 unspecified atom stereocenters. The average molecular weight is 269 g/mol. The lowest BCUT2D eigenvalue weighted by Crippen LogP contribution is -2.48. The van der Waals surface area contributed by atoms with Crippen molar-refractivity contribution >= 4 is 5.97 Å². The lowest BCUT2D eigenvalue weighted by molar-refractivity contribution is -0.137. The number of nitrogens with zero attached hydrogens (tertiary/aromatic N) is 1. The molecule has 1 fully saturated rings. The van der Waals surface area contributed by atoms with E-state index in [2.05, 4.69) is 39.5 Å². The molecular weight excluding hydrogens is 238 g/mol. The van der Waals surface area contributed by atoms with Gasteiger partial charge >= 0.3 is 5.97 Å². The second kappa shape index (κ2) is 6.74. The predicted molar refractivity (Wildman–Crippen MR) is 79.3 cm³/mol. The third kappa shape index (κ3) is 5.13. The maximum Gasteiger partial charge on any atom is 0.303 e. The van der Waals surface area contributed by atoms with Crippen LogP contribution < -0.4 is 0 Å². The molecule has 0 aromatic rings. The molecule has 19 heavy (non-hydrogen) atoms. The fraction of sp³-hybridized carbons (Fsp3) is 0.938. The first-order valence-corrected chi connectivity index (χ1v) is 7.70. The van der Waals surface area contributed by atoms with Crippen molar-refractivity contribution in [3.63, 3.8) is 0 Å². The fourth-order valence-electron chi connectivity index (χ4n) is 3.65. The van der Waals surface area contributed by atoms with E-state index in [1.54, 1.807) is 0 Å². The van der Waals surface area contributed by atoms with Gasteiger partial charge in [-0.2, -0.15) is 0 Å². The SMILES string of the molecule is CC1CC(C)(C)CCC1N(CCCC(=O)O)C(C)C. The Hall–Kier alpha value is -0.570. The minimum Gasteiger partial charge on any atom is -0.481 e. The number of aliphatic carboxylic acids is 1. The summed E-state index contributed by atoms with van der Waals surface area (Å²) in [6.45, 7) is 12.5. The van der Waals surface area contributed by atoms with Gasteiger partial charge in [0.1, 0.15) is 0 Å². The van der Waals surface area contributed by atoms with Gasteiger partial charge in [-0.3, -0.25) is 9.69 Å². The van der Waals surface area contributed by atoms with Gasteiger partial charge in [0, 0.05) is 18.5 Å². The number of hydrogen-bond donors (Lipinski definition) is 1. The smallest absolute Gasteiger partial charge is 0.303 e. The summed E-state index contributed by atoms with van der Waals surface area (Å²) in [5.74, 6) is 0.0255. The van der Waals surface area contributed by atoms with Gasteiger partial charge in [-0.15, -0.1) is 0 Å². The van der Waals surface area contributed by atoms with E-state index in [4.69, 9.17) is 5.11 Å². The van der Waals surface area contributed by atoms with Crippen molar-refractivity contribution in [1.82, 2.24) is 4.90 Å². The van der Waals surface area contributed by atoms with Gasteiger partial charge in [-0.25, -0.2) is 0 Å². The molecule has 0 radical (unpaired) electrons. The molecule has 0 bridgehead atoms. The first kappa shape index (κ1) is 16.5. The highest BCUT2D eigenvalue weighted by Gasteiger charge is 2.35. The topological polar surface area (TPSA) is 40.5 Å². The van der Waals surface area contributed by atoms with Gasteiger partial charge in [-0.05, 0) is 57.4 Å². The summed E-state index contributed by atoms with van der Waals surface area (Å²) >= 11 is 0. The molecule has 0 aliphatic heterocycles. The molecule has 0 spiro atoms. The molecule has 0 amide bonds. The molecule has 0 heterocycles. The van der Waals surface area contributed by atoms with Gasteiger partial charge in [-0.1, -0.05) is 20.8 Å². The van der Waals surface area contributed by atoms with Crippen LogP contribution in [0.4, 0.5) is 0 Å². The van der Waals surface area contributed by atoms with E-state index in [-0.39, 0.29) is 6.42 Å². The van der Waals surface area contributed by atoms with Crippen LogP contribution in [0.2, 0.25) is 0 Å².